The van der Waals surface area contributed by atoms with Crippen LogP contribution < -0.4 is 5.69 Å². The van der Waals surface area contributed by atoms with E-state index >= 15 is 0 Å². The topological polar surface area (TPSA) is 75.1 Å². The van der Waals surface area contributed by atoms with E-state index in [1.165, 1.54) is 13.0 Å². The lowest BCUT2D eigenvalue weighted by Gasteiger charge is -2.02. The Balaban J connectivity index is 0.000000829. The molecule has 0 atom stereocenters. The van der Waals surface area contributed by atoms with Gasteiger partial charge in [-0.1, -0.05) is 26.5 Å². The minimum Gasteiger partial charge on any atom is -0.506 e. The zero-order chi connectivity index (χ0) is 15.9. The summed E-state index contributed by atoms with van der Waals surface area (Å²) in [5.41, 5.74) is 0.246. The zero-order valence-corrected chi connectivity index (χ0v) is 12.1. The number of phenolic OH excluding ortho intramolecular Hbond substituents is 1. The summed E-state index contributed by atoms with van der Waals surface area (Å²) in [5, 5.41) is 9.63. The van der Waals surface area contributed by atoms with Crippen LogP contribution in [0.2, 0.25) is 0 Å². The monoisotopic (exact) mass is 276 g/mol. The molecule has 5 nitrogen and oxygen atoms in total. The lowest BCUT2D eigenvalue weighted by molar-refractivity contribution is 0.0956. The van der Waals surface area contributed by atoms with Crippen molar-refractivity contribution >= 4 is 16.9 Å². The molecule has 0 unspecified atom stereocenters. The van der Waals surface area contributed by atoms with E-state index in [0.717, 1.165) is 4.57 Å². The van der Waals surface area contributed by atoms with Crippen LogP contribution in [0.5, 0.6) is 5.75 Å². The number of hydrogen-bond acceptors (Lipinski definition) is 3. The van der Waals surface area contributed by atoms with Crippen molar-refractivity contribution in [1.29, 1.82) is 0 Å². The van der Waals surface area contributed by atoms with Gasteiger partial charge in [-0.05, 0) is 19.1 Å². The Labute approximate surface area is 117 Å². The average molecular weight is 276 g/mol. The van der Waals surface area contributed by atoms with Gasteiger partial charge in [0, 0.05) is 5.57 Å². The van der Waals surface area contributed by atoms with E-state index < -0.39 is 11.6 Å². The molecule has 2 rings (SSSR count). The molecule has 2 aromatic rings. The summed E-state index contributed by atoms with van der Waals surface area (Å²) in [5.74, 6) is -0.650. The number of H-pyrrole nitrogens is 1. The van der Waals surface area contributed by atoms with Gasteiger partial charge in [-0.3, -0.25) is 4.79 Å². The maximum absolute atomic E-state index is 11.7. The molecule has 0 radical (unpaired) electrons. The van der Waals surface area contributed by atoms with Crippen LogP contribution in [-0.2, 0) is 0 Å². The van der Waals surface area contributed by atoms with E-state index in [1.807, 2.05) is 13.8 Å². The molecule has 0 saturated carbocycles. The maximum Gasteiger partial charge on any atom is 0.333 e. The molecule has 108 valence electrons. The molecule has 0 fully saturated rings. The number of carbonyl (C=O) groups is 1. The highest BCUT2D eigenvalue weighted by atomic mass is 16.3. The molecule has 0 bridgehead atoms. The first kappa shape index (κ1) is 17.4. The molecule has 20 heavy (non-hydrogen) atoms. The largest absolute Gasteiger partial charge is 0.506 e. The van der Waals surface area contributed by atoms with Crippen LogP contribution in [0.15, 0.2) is 48.3 Å². The second kappa shape index (κ2) is 7.78. The maximum atomic E-state index is 11.7. The summed E-state index contributed by atoms with van der Waals surface area (Å²) >= 11 is 0. The number of aromatic amines is 1. The third-order valence-corrected chi connectivity index (χ3v) is 2.25. The molecular formula is C15H20N2O3. The minimum atomic E-state index is -0.579. The van der Waals surface area contributed by atoms with E-state index in [-0.39, 0.29) is 16.8 Å². The number of benzene rings is 1. The summed E-state index contributed by atoms with van der Waals surface area (Å²) in [4.78, 5) is 25.8. The fraction of sp³-hybridized carbons (Fsp3) is 0.200. The number of para-hydroxylation sites is 1. The number of allylic oxidation sites excluding steroid dienone is 1. The normalized spacial score (nSPS) is 8.95. The van der Waals surface area contributed by atoms with Gasteiger partial charge in [0.25, 0.3) is 5.91 Å². The predicted octanol–water partition coefficient (Wildman–Crippen LogP) is 3.08. The fourth-order valence-electron chi connectivity index (χ4n) is 1.52. The van der Waals surface area contributed by atoms with E-state index in [4.69, 9.17) is 0 Å². The van der Waals surface area contributed by atoms with Gasteiger partial charge in [0.05, 0.1) is 5.52 Å². The number of carbonyl (C=O) groups excluding carboxylic acids is 1. The van der Waals surface area contributed by atoms with Crippen molar-refractivity contribution in [2.24, 2.45) is 0 Å². The first-order valence-electron chi connectivity index (χ1n) is 6.15. The molecule has 1 aromatic heterocycles. The highest BCUT2D eigenvalue weighted by Gasteiger charge is 2.16. The van der Waals surface area contributed by atoms with Crippen LogP contribution in [0.25, 0.3) is 11.0 Å². The molecule has 0 amide bonds. The van der Waals surface area contributed by atoms with Gasteiger partial charge in [-0.2, -0.15) is 0 Å². The standard InChI is InChI=1S/C11H10N2O3.C2H6.C2H4/c1-6(2)10(15)13-9-7(12-11(13)16)4-3-5-8(9)14;2*1-2/h3-5,14H,1H2,2H3,(H,12,16);1-2H3;1-2H2. The highest BCUT2D eigenvalue weighted by Crippen LogP contribution is 2.21. The predicted molar refractivity (Wildman–Crippen MR) is 82.3 cm³/mol. The molecule has 5 heteroatoms. The zero-order valence-electron chi connectivity index (χ0n) is 12.1. The Kier molecular flexibility index (Phi) is 6.79. The van der Waals surface area contributed by atoms with Gasteiger partial charge in [-0.15, -0.1) is 13.2 Å². The minimum absolute atomic E-state index is 0.120. The van der Waals surface area contributed by atoms with Gasteiger partial charge >= 0.3 is 5.69 Å². The van der Waals surface area contributed by atoms with Crippen molar-refractivity contribution in [1.82, 2.24) is 9.55 Å². The number of hydrogen-bond donors (Lipinski definition) is 2. The van der Waals surface area contributed by atoms with Crippen LogP contribution in [0.3, 0.4) is 0 Å². The number of nitrogens with zero attached hydrogens (tertiary/aromatic N) is 1. The van der Waals surface area contributed by atoms with Gasteiger partial charge in [0.1, 0.15) is 11.3 Å². The van der Waals surface area contributed by atoms with E-state index in [9.17, 15) is 14.7 Å². The molecular weight excluding hydrogens is 256 g/mol. The number of aromatic nitrogens is 2. The number of fused-ring (bicyclic) bond motifs is 1. The Hall–Kier alpha value is -2.56. The Morgan fingerprint density at radius 3 is 2.35 bits per heavy atom. The molecule has 0 aliphatic rings. The smallest absolute Gasteiger partial charge is 0.333 e. The van der Waals surface area contributed by atoms with Crippen LogP contribution in [0.4, 0.5) is 0 Å². The molecule has 2 N–H and O–H groups in total. The third kappa shape index (κ3) is 3.26. The molecule has 0 aliphatic heterocycles. The number of imidazole rings is 1. The van der Waals surface area contributed by atoms with Crippen molar-refractivity contribution < 1.29 is 9.90 Å². The van der Waals surface area contributed by atoms with Crippen molar-refractivity contribution in [3.63, 3.8) is 0 Å². The number of aromatic hydroxyl groups is 1. The van der Waals surface area contributed by atoms with Crippen LogP contribution in [0, 0.1) is 0 Å². The lowest BCUT2D eigenvalue weighted by atomic mass is 10.2. The van der Waals surface area contributed by atoms with Crippen LogP contribution in [-0.4, -0.2) is 20.6 Å². The van der Waals surface area contributed by atoms with Crippen molar-refractivity contribution in [2.75, 3.05) is 0 Å². The van der Waals surface area contributed by atoms with Crippen LogP contribution in [0.1, 0.15) is 25.6 Å². The summed E-state index contributed by atoms with van der Waals surface area (Å²) in [6, 6.07) is 4.61. The van der Waals surface area contributed by atoms with Gasteiger partial charge < -0.3 is 10.1 Å². The second-order valence-electron chi connectivity index (χ2n) is 3.52. The van der Waals surface area contributed by atoms with Gasteiger partial charge in [0.15, 0.2) is 0 Å². The van der Waals surface area contributed by atoms with Crippen molar-refractivity contribution in [3.8, 4) is 5.75 Å². The molecule has 1 aromatic carbocycles. The quantitative estimate of drug-likeness (QED) is 0.621. The lowest BCUT2D eigenvalue weighted by Crippen LogP contribution is -2.24. The fourth-order valence-corrected chi connectivity index (χ4v) is 1.52. The molecule has 0 aliphatic carbocycles. The average Bonchev–Trinajstić information content (AvgIpc) is 2.80. The number of rotatable bonds is 1. The van der Waals surface area contributed by atoms with E-state index in [0.29, 0.717) is 5.52 Å². The Morgan fingerprint density at radius 1 is 1.30 bits per heavy atom. The van der Waals surface area contributed by atoms with E-state index in [2.05, 4.69) is 24.7 Å². The molecule has 0 spiro atoms. The molecule has 1 heterocycles. The highest BCUT2D eigenvalue weighted by molar-refractivity contribution is 6.01. The van der Waals surface area contributed by atoms with Crippen LogP contribution >= 0.6 is 0 Å². The second-order valence-corrected chi connectivity index (χ2v) is 3.52. The first-order chi connectivity index (χ1) is 9.52. The third-order valence-electron chi connectivity index (χ3n) is 2.25. The molecule has 0 saturated heterocycles. The first-order valence-corrected chi connectivity index (χ1v) is 6.15. The Bertz CT molecular complexity index is 665. The van der Waals surface area contributed by atoms with Gasteiger partial charge in [0.2, 0.25) is 0 Å². The van der Waals surface area contributed by atoms with Gasteiger partial charge in [-0.25, -0.2) is 9.36 Å². The Morgan fingerprint density at radius 2 is 1.85 bits per heavy atom. The summed E-state index contributed by atoms with van der Waals surface area (Å²) in [6.45, 7) is 15.0. The summed E-state index contributed by atoms with van der Waals surface area (Å²) in [6.07, 6.45) is 0. The van der Waals surface area contributed by atoms with Crippen molar-refractivity contribution in [3.05, 3.63) is 54.0 Å². The summed E-state index contributed by atoms with van der Waals surface area (Å²) < 4.78 is 0.882. The van der Waals surface area contributed by atoms with Crippen molar-refractivity contribution in [2.45, 2.75) is 20.8 Å². The number of phenols is 1. The SMILES string of the molecule is C=C.C=C(C)C(=O)n1c(=O)[nH]c2cccc(O)c21.CC. The summed E-state index contributed by atoms with van der Waals surface area (Å²) in [7, 11) is 0. The number of nitrogens with one attached hydrogen (secondary N) is 1. The van der Waals surface area contributed by atoms with E-state index in [1.54, 1.807) is 12.1 Å².